The van der Waals surface area contributed by atoms with E-state index >= 15 is 0 Å². The van der Waals surface area contributed by atoms with Crippen molar-refractivity contribution in [1.29, 1.82) is 0 Å². The van der Waals surface area contributed by atoms with Crippen LogP contribution in [0.3, 0.4) is 0 Å². The van der Waals surface area contributed by atoms with E-state index in [1.165, 1.54) is 6.07 Å². The number of aromatic hydroxyl groups is 2. The summed E-state index contributed by atoms with van der Waals surface area (Å²) in [6.45, 7) is 5.05. The third-order valence-corrected chi connectivity index (χ3v) is 4.24. The lowest BCUT2D eigenvalue weighted by Crippen LogP contribution is -2.38. The van der Waals surface area contributed by atoms with Crippen molar-refractivity contribution in [3.8, 4) is 11.5 Å². The molecule has 2 N–H and O–H groups in total. The molecule has 0 aromatic heterocycles. The average molecular weight is 250 g/mol. The van der Waals surface area contributed by atoms with Crippen LogP contribution in [-0.2, 0) is 4.74 Å². The average Bonchev–Trinajstić information content (AvgIpc) is 2.38. The number of ether oxygens (including phenoxy) is 1. The van der Waals surface area contributed by atoms with Gasteiger partial charge in [-0.2, -0.15) is 0 Å². The molecule has 0 radical (unpaired) electrons. The van der Waals surface area contributed by atoms with Gasteiger partial charge in [0, 0.05) is 12.7 Å². The van der Waals surface area contributed by atoms with Crippen LogP contribution in [-0.4, -0.2) is 22.4 Å². The molecule has 2 rings (SSSR count). The molecule has 3 nitrogen and oxygen atoms in total. The molecule has 3 heteroatoms. The van der Waals surface area contributed by atoms with Gasteiger partial charge >= 0.3 is 0 Å². The Morgan fingerprint density at radius 3 is 2.61 bits per heavy atom. The third-order valence-electron chi connectivity index (χ3n) is 4.24. The molecule has 0 bridgehead atoms. The molecular formula is C15H22O3. The molecule has 1 unspecified atom stereocenters. The number of phenols is 2. The van der Waals surface area contributed by atoms with Crippen molar-refractivity contribution < 1.29 is 14.9 Å². The smallest absolute Gasteiger partial charge is 0.122 e. The molecule has 0 amide bonds. The Kier molecular flexibility index (Phi) is 3.81. The maximum Gasteiger partial charge on any atom is 0.122 e. The Morgan fingerprint density at radius 1 is 1.28 bits per heavy atom. The van der Waals surface area contributed by atoms with E-state index in [1.54, 1.807) is 6.07 Å². The zero-order valence-electron chi connectivity index (χ0n) is 11.1. The first-order chi connectivity index (χ1) is 8.60. The van der Waals surface area contributed by atoms with Crippen molar-refractivity contribution in [2.75, 3.05) is 6.61 Å². The van der Waals surface area contributed by atoms with Crippen molar-refractivity contribution in [3.63, 3.8) is 0 Å². The number of hydrogen-bond donors (Lipinski definition) is 2. The van der Waals surface area contributed by atoms with E-state index in [-0.39, 0.29) is 17.1 Å². The van der Waals surface area contributed by atoms with Gasteiger partial charge in [-0.25, -0.2) is 0 Å². The van der Waals surface area contributed by atoms with E-state index in [1.807, 2.05) is 6.07 Å². The Bertz CT molecular complexity index is 410. The molecule has 1 heterocycles. The van der Waals surface area contributed by atoms with E-state index < -0.39 is 0 Å². The molecule has 100 valence electrons. The first-order valence-electron chi connectivity index (χ1n) is 6.76. The van der Waals surface area contributed by atoms with Gasteiger partial charge in [0.05, 0.1) is 5.60 Å². The molecule has 1 aromatic rings. The third kappa shape index (κ3) is 2.46. The van der Waals surface area contributed by atoms with Crippen LogP contribution >= 0.6 is 0 Å². The molecule has 1 aromatic carbocycles. The first-order valence-corrected chi connectivity index (χ1v) is 6.76. The lowest BCUT2D eigenvalue weighted by Gasteiger charge is -2.40. The van der Waals surface area contributed by atoms with Crippen molar-refractivity contribution in [3.05, 3.63) is 23.8 Å². The van der Waals surface area contributed by atoms with Crippen LogP contribution in [0, 0.1) is 0 Å². The number of hydrogen-bond acceptors (Lipinski definition) is 3. The molecular weight excluding hydrogens is 228 g/mol. The lowest BCUT2D eigenvalue weighted by molar-refractivity contribution is -0.0902. The van der Waals surface area contributed by atoms with Gasteiger partial charge in [0.25, 0.3) is 0 Å². The van der Waals surface area contributed by atoms with Crippen LogP contribution in [0.25, 0.3) is 0 Å². The fourth-order valence-corrected chi connectivity index (χ4v) is 2.91. The minimum atomic E-state index is -0.0484. The summed E-state index contributed by atoms with van der Waals surface area (Å²) >= 11 is 0. The SMILES string of the molecule is CCC1(CC)CC(c2ccc(O)cc2O)CCO1. The number of phenolic OH excluding ortho intramolecular Hbond substituents is 2. The summed E-state index contributed by atoms with van der Waals surface area (Å²) in [6.07, 6.45) is 3.87. The predicted octanol–water partition coefficient (Wildman–Crippen LogP) is 3.55. The van der Waals surface area contributed by atoms with E-state index in [0.717, 1.165) is 37.9 Å². The Hall–Kier alpha value is -1.22. The summed E-state index contributed by atoms with van der Waals surface area (Å²) in [5.41, 5.74) is 0.884. The summed E-state index contributed by atoms with van der Waals surface area (Å²) in [4.78, 5) is 0. The fourth-order valence-electron chi connectivity index (χ4n) is 2.91. The Morgan fingerprint density at radius 2 is 2.00 bits per heavy atom. The van der Waals surface area contributed by atoms with E-state index in [2.05, 4.69) is 13.8 Å². The maximum atomic E-state index is 9.96. The second kappa shape index (κ2) is 5.19. The Balaban J connectivity index is 2.23. The molecule has 0 spiro atoms. The zero-order valence-corrected chi connectivity index (χ0v) is 11.1. The minimum absolute atomic E-state index is 0.0484. The zero-order chi connectivity index (χ0) is 13.2. The van der Waals surface area contributed by atoms with Gasteiger partial charge < -0.3 is 14.9 Å². The molecule has 1 saturated heterocycles. The van der Waals surface area contributed by atoms with Gasteiger partial charge in [-0.05, 0) is 43.2 Å². The monoisotopic (exact) mass is 250 g/mol. The van der Waals surface area contributed by atoms with Gasteiger partial charge in [-0.15, -0.1) is 0 Å². The van der Waals surface area contributed by atoms with Crippen molar-refractivity contribution in [2.45, 2.75) is 51.0 Å². The van der Waals surface area contributed by atoms with E-state index in [4.69, 9.17) is 4.74 Å². The van der Waals surface area contributed by atoms with Gasteiger partial charge in [-0.1, -0.05) is 19.9 Å². The van der Waals surface area contributed by atoms with Crippen LogP contribution in [0.5, 0.6) is 11.5 Å². The molecule has 1 aliphatic rings. The van der Waals surface area contributed by atoms with Gasteiger partial charge in [0.1, 0.15) is 11.5 Å². The standard InChI is InChI=1S/C15H22O3/c1-3-15(4-2)10-11(7-8-18-15)13-6-5-12(16)9-14(13)17/h5-6,9,11,16-17H,3-4,7-8,10H2,1-2H3. The maximum absolute atomic E-state index is 9.96. The largest absolute Gasteiger partial charge is 0.508 e. The summed E-state index contributed by atoms with van der Waals surface area (Å²) in [6, 6.07) is 4.89. The van der Waals surface area contributed by atoms with E-state index in [0.29, 0.717) is 5.92 Å². The minimum Gasteiger partial charge on any atom is -0.508 e. The van der Waals surface area contributed by atoms with Gasteiger partial charge in [0.2, 0.25) is 0 Å². The van der Waals surface area contributed by atoms with Crippen LogP contribution in [0.4, 0.5) is 0 Å². The highest BCUT2D eigenvalue weighted by atomic mass is 16.5. The van der Waals surface area contributed by atoms with Crippen molar-refractivity contribution in [2.24, 2.45) is 0 Å². The normalized spacial score (nSPS) is 22.9. The number of rotatable bonds is 3. The highest BCUT2D eigenvalue weighted by Gasteiger charge is 2.35. The van der Waals surface area contributed by atoms with E-state index in [9.17, 15) is 10.2 Å². The molecule has 18 heavy (non-hydrogen) atoms. The molecule has 0 aliphatic carbocycles. The lowest BCUT2D eigenvalue weighted by atomic mass is 9.79. The highest BCUT2D eigenvalue weighted by Crippen LogP contribution is 2.42. The van der Waals surface area contributed by atoms with Crippen LogP contribution < -0.4 is 0 Å². The van der Waals surface area contributed by atoms with Crippen LogP contribution in [0.2, 0.25) is 0 Å². The molecule has 0 saturated carbocycles. The predicted molar refractivity (Wildman–Crippen MR) is 71.0 cm³/mol. The summed E-state index contributed by atoms with van der Waals surface area (Å²) in [7, 11) is 0. The van der Waals surface area contributed by atoms with Gasteiger partial charge in [0.15, 0.2) is 0 Å². The molecule has 1 fully saturated rings. The summed E-state index contributed by atoms with van der Waals surface area (Å²) in [5, 5.41) is 19.3. The van der Waals surface area contributed by atoms with Gasteiger partial charge in [-0.3, -0.25) is 0 Å². The summed E-state index contributed by atoms with van der Waals surface area (Å²) in [5.74, 6) is 0.628. The topological polar surface area (TPSA) is 49.7 Å². The summed E-state index contributed by atoms with van der Waals surface area (Å²) < 4.78 is 5.95. The van der Waals surface area contributed by atoms with Crippen molar-refractivity contribution >= 4 is 0 Å². The van der Waals surface area contributed by atoms with Crippen molar-refractivity contribution in [1.82, 2.24) is 0 Å². The fraction of sp³-hybridized carbons (Fsp3) is 0.600. The molecule has 1 aliphatic heterocycles. The second-order valence-electron chi connectivity index (χ2n) is 5.17. The first kappa shape index (κ1) is 13.2. The Labute approximate surface area is 108 Å². The number of benzene rings is 1. The van der Waals surface area contributed by atoms with Crippen LogP contribution in [0.15, 0.2) is 18.2 Å². The second-order valence-corrected chi connectivity index (χ2v) is 5.17. The highest BCUT2D eigenvalue weighted by molar-refractivity contribution is 5.41. The van der Waals surface area contributed by atoms with Crippen LogP contribution in [0.1, 0.15) is 51.0 Å². The quantitative estimate of drug-likeness (QED) is 0.862. The molecule has 1 atom stereocenters.